The van der Waals surface area contributed by atoms with E-state index in [4.69, 9.17) is 5.73 Å². The van der Waals surface area contributed by atoms with Crippen LogP contribution in [0.1, 0.15) is 69.9 Å². The van der Waals surface area contributed by atoms with Gasteiger partial charge < -0.3 is 5.73 Å². The lowest BCUT2D eigenvalue weighted by Gasteiger charge is -2.37. The molecule has 0 spiro atoms. The van der Waals surface area contributed by atoms with Crippen LogP contribution in [-0.4, -0.2) is 0 Å². The van der Waals surface area contributed by atoms with E-state index in [-0.39, 0.29) is 5.54 Å². The molecule has 19 heavy (non-hydrogen) atoms. The molecule has 0 saturated heterocycles. The molecular formula is C18H29N. The van der Waals surface area contributed by atoms with E-state index in [0.29, 0.717) is 0 Å². The van der Waals surface area contributed by atoms with Gasteiger partial charge in [-0.3, -0.25) is 0 Å². The fourth-order valence-corrected chi connectivity index (χ4v) is 3.47. The van der Waals surface area contributed by atoms with Crippen LogP contribution in [0.25, 0.3) is 0 Å². The maximum Gasteiger partial charge on any atom is 0.0409 e. The molecule has 1 heteroatoms. The number of nitrogens with two attached hydrogens (primary N) is 1. The van der Waals surface area contributed by atoms with Crippen molar-refractivity contribution in [3.05, 3.63) is 35.4 Å². The molecule has 0 bridgehead atoms. The summed E-state index contributed by atoms with van der Waals surface area (Å²) in [5.41, 5.74) is 9.39. The number of benzene rings is 1. The molecule has 0 amide bonds. The zero-order chi connectivity index (χ0) is 13.7. The molecule has 106 valence electrons. The second-order valence-corrected chi connectivity index (χ2v) is 6.34. The summed E-state index contributed by atoms with van der Waals surface area (Å²) >= 11 is 0. The van der Waals surface area contributed by atoms with Gasteiger partial charge in [-0.15, -0.1) is 0 Å². The topological polar surface area (TPSA) is 26.0 Å². The molecule has 1 aromatic rings. The van der Waals surface area contributed by atoms with E-state index in [0.717, 1.165) is 18.8 Å². The number of rotatable bonds is 5. The standard InChI is InChI=1S/C18H29N/c1-3-5-15-7-9-17(10-8-15)18(19)13-11-16(6-4-2)12-14-18/h7-10,16H,3-6,11-14,19H2,1-2H3. The van der Waals surface area contributed by atoms with Crippen molar-refractivity contribution in [2.75, 3.05) is 0 Å². The van der Waals surface area contributed by atoms with E-state index in [9.17, 15) is 0 Å². The highest BCUT2D eigenvalue weighted by atomic mass is 14.7. The number of aryl methyl sites for hydroxylation is 1. The van der Waals surface area contributed by atoms with Crippen molar-refractivity contribution in [2.24, 2.45) is 11.7 Å². The first-order valence-electron chi connectivity index (χ1n) is 8.06. The molecule has 0 aromatic heterocycles. The third-order valence-electron chi connectivity index (χ3n) is 4.76. The third kappa shape index (κ3) is 3.60. The van der Waals surface area contributed by atoms with Gasteiger partial charge in [-0.25, -0.2) is 0 Å². The molecule has 1 aromatic carbocycles. The minimum Gasteiger partial charge on any atom is -0.321 e. The summed E-state index contributed by atoms with van der Waals surface area (Å²) in [7, 11) is 0. The van der Waals surface area contributed by atoms with Crippen LogP contribution in [0.4, 0.5) is 0 Å². The van der Waals surface area contributed by atoms with Crippen LogP contribution in [0.2, 0.25) is 0 Å². The van der Waals surface area contributed by atoms with Gasteiger partial charge in [-0.2, -0.15) is 0 Å². The van der Waals surface area contributed by atoms with Crippen LogP contribution in [0, 0.1) is 5.92 Å². The van der Waals surface area contributed by atoms with Gasteiger partial charge in [0.25, 0.3) is 0 Å². The second kappa shape index (κ2) is 6.56. The Morgan fingerprint density at radius 2 is 1.68 bits per heavy atom. The minimum atomic E-state index is -0.0605. The van der Waals surface area contributed by atoms with Crippen LogP contribution < -0.4 is 5.73 Å². The summed E-state index contributed by atoms with van der Waals surface area (Å²) in [5.74, 6) is 0.918. The van der Waals surface area contributed by atoms with E-state index in [1.54, 1.807) is 0 Å². The van der Waals surface area contributed by atoms with Gasteiger partial charge in [-0.05, 0) is 49.1 Å². The van der Waals surface area contributed by atoms with Crippen LogP contribution in [0.15, 0.2) is 24.3 Å². The largest absolute Gasteiger partial charge is 0.321 e. The summed E-state index contributed by atoms with van der Waals surface area (Å²) in [6.45, 7) is 4.52. The van der Waals surface area contributed by atoms with Crippen LogP contribution in [-0.2, 0) is 12.0 Å². The average Bonchev–Trinajstić information content (AvgIpc) is 2.43. The molecule has 1 fully saturated rings. The van der Waals surface area contributed by atoms with Crippen molar-refractivity contribution in [3.8, 4) is 0 Å². The number of hydrogen-bond donors (Lipinski definition) is 1. The van der Waals surface area contributed by atoms with E-state index >= 15 is 0 Å². The van der Waals surface area contributed by atoms with Gasteiger partial charge in [0.05, 0.1) is 0 Å². The highest BCUT2D eigenvalue weighted by molar-refractivity contribution is 5.29. The van der Waals surface area contributed by atoms with Crippen LogP contribution >= 0.6 is 0 Å². The molecular weight excluding hydrogens is 230 g/mol. The van der Waals surface area contributed by atoms with E-state index in [2.05, 4.69) is 38.1 Å². The van der Waals surface area contributed by atoms with Crippen molar-refractivity contribution in [1.82, 2.24) is 0 Å². The number of hydrogen-bond acceptors (Lipinski definition) is 1. The van der Waals surface area contributed by atoms with E-state index in [1.807, 2.05) is 0 Å². The Bertz CT molecular complexity index is 371. The summed E-state index contributed by atoms with van der Waals surface area (Å²) in [5, 5.41) is 0. The summed E-state index contributed by atoms with van der Waals surface area (Å²) in [6, 6.07) is 9.08. The van der Waals surface area contributed by atoms with Crippen molar-refractivity contribution >= 4 is 0 Å². The van der Waals surface area contributed by atoms with Crippen molar-refractivity contribution in [2.45, 2.75) is 70.8 Å². The molecule has 1 aliphatic carbocycles. The monoisotopic (exact) mass is 259 g/mol. The second-order valence-electron chi connectivity index (χ2n) is 6.34. The van der Waals surface area contributed by atoms with Gasteiger partial charge in [0.15, 0.2) is 0 Å². The normalized spacial score (nSPS) is 27.4. The molecule has 0 radical (unpaired) electrons. The Balaban J connectivity index is 2.00. The zero-order valence-corrected chi connectivity index (χ0v) is 12.6. The summed E-state index contributed by atoms with van der Waals surface area (Å²) in [6.07, 6.45) is 10.0. The fraction of sp³-hybridized carbons (Fsp3) is 0.667. The van der Waals surface area contributed by atoms with Crippen LogP contribution in [0.5, 0.6) is 0 Å². The van der Waals surface area contributed by atoms with Crippen molar-refractivity contribution in [3.63, 3.8) is 0 Å². The van der Waals surface area contributed by atoms with E-state index in [1.165, 1.54) is 49.7 Å². The first-order valence-corrected chi connectivity index (χ1v) is 8.06. The van der Waals surface area contributed by atoms with Crippen molar-refractivity contribution in [1.29, 1.82) is 0 Å². The summed E-state index contributed by atoms with van der Waals surface area (Å²) in [4.78, 5) is 0. The molecule has 1 nitrogen and oxygen atoms in total. The predicted octanol–water partition coefficient (Wildman–Crippen LogP) is 4.78. The highest BCUT2D eigenvalue weighted by Gasteiger charge is 2.32. The lowest BCUT2D eigenvalue weighted by molar-refractivity contribution is 0.226. The summed E-state index contributed by atoms with van der Waals surface area (Å²) < 4.78 is 0. The molecule has 2 N–H and O–H groups in total. The van der Waals surface area contributed by atoms with Gasteiger partial charge in [-0.1, -0.05) is 57.4 Å². The first kappa shape index (κ1) is 14.6. The molecule has 0 atom stereocenters. The lowest BCUT2D eigenvalue weighted by Crippen LogP contribution is -2.40. The lowest BCUT2D eigenvalue weighted by atomic mass is 9.72. The Morgan fingerprint density at radius 3 is 2.21 bits per heavy atom. The average molecular weight is 259 g/mol. The Morgan fingerprint density at radius 1 is 1.05 bits per heavy atom. The smallest absolute Gasteiger partial charge is 0.0409 e. The Labute approximate surface area is 118 Å². The molecule has 0 aliphatic heterocycles. The first-order chi connectivity index (χ1) is 9.18. The maximum atomic E-state index is 6.66. The molecule has 2 rings (SSSR count). The van der Waals surface area contributed by atoms with E-state index < -0.39 is 0 Å². The maximum absolute atomic E-state index is 6.66. The van der Waals surface area contributed by atoms with Crippen LogP contribution in [0.3, 0.4) is 0 Å². The molecule has 0 unspecified atom stereocenters. The quantitative estimate of drug-likeness (QED) is 0.809. The molecule has 1 saturated carbocycles. The molecule has 1 aliphatic rings. The minimum absolute atomic E-state index is 0.0605. The van der Waals surface area contributed by atoms with Gasteiger partial charge >= 0.3 is 0 Å². The molecule has 0 heterocycles. The SMILES string of the molecule is CCCc1ccc(C2(N)CCC(CCC)CC2)cc1. The Kier molecular flexibility index (Phi) is 5.04. The highest BCUT2D eigenvalue weighted by Crippen LogP contribution is 2.39. The Hall–Kier alpha value is -0.820. The predicted molar refractivity (Wildman–Crippen MR) is 83.2 cm³/mol. The third-order valence-corrected chi connectivity index (χ3v) is 4.76. The zero-order valence-electron chi connectivity index (χ0n) is 12.6. The van der Waals surface area contributed by atoms with Gasteiger partial charge in [0.2, 0.25) is 0 Å². The van der Waals surface area contributed by atoms with Crippen molar-refractivity contribution < 1.29 is 0 Å². The fourth-order valence-electron chi connectivity index (χ4n) is 3.47. The van der Waals surface area contributed by atoms with Gasteiger partial charge in [0, 0.05) is 5.54 Å². The van der Waals surface area contributed by atoms with Gasteiger partial charge in [0.1, 0.15) is 0 Å².